The number of unbranched alkanes of at least 4 members (excludes halogenated alkanes) is 1. The number of anilines is 2. The SMILES string of the molecule is CO[C@H]1C[C@@H]2CC[C@@H](C)[C@@](O)(O2)C(=O)C(=O)N2CCCC[C@H]2C(=O)O[C@H]([C@H](C)C[C@@H]2CC[C@@H](OCCCCc3cn(CCOCCOCCOCCOCCOCCOCCOCCOCCC(=O)NCc4ccc(Cn5nc(-c6ccc7oc(N)nc7c6)c6c(N)cccc65)cc4)nn3)[C@H](OC)C2)CC(=O)[C@H](C)/C=C(\C)[C@@H](O)[C@@H](OC)C(=O)[C@H](C)C[C@H](C)/C=C/C=C/C=C/1C. The summed E-state index contributed by atoms with van der Waals surface area (Å²) in [5.41, 5.74) is 20.8. The number of hydrogen-bond acceptors (Lipinski definition) is 29. The summed E-state index contributed by atoms with van der Waals surface area (Å²) < 4.78 is 91.1. The van der Waals surface area contributed by atoms with Gasteiger partial charge >= 0.3 is 5.97 Å². The Bertz CT molecular complexity index is 4660. The van der Waals surface area contributed by atoms with E-state index in [4.69, 9.17) is 87.3 Å². The number of ketones is 3. The number of nitrogen functional groups attached to an aromatic ring is 2. The lowest BCUT2D eigenvalue weighted by atomic mass is 9.78. The zero-order valence-corrected chi connectivity index (χ0v) is 78.3. The number of piperidine rings is 1. The minimum absolute atomic E-state index is 0.00519. The molecular formula is C98H142N10O23. The Morgan fingerprint density at radius 1 is 0.702 bits per heavy atom. The molecule has 2 amide bonds. The molecule has 15 atom stereocenters. The van der Waals surface area contributed by atoms with Gasteiger partial charge in [-0.1, -0.05) is 107 Å². The second kappa shape index (κ2) is 54.5. The Balaban J connectivity index is 0.538. The van der Waals surface area contributed by atoms with Crippen LogP contribution < -0.4 is 16.8 Å². The van der Waals surface area contributed by atoms with Crippen LogP contribution in [0.4, 0.5) is 11.7 Å². The summed E-state index contributed by atoms with van der Waals surface area (Å²) in [5, 5.41) is 41.3. The van der Waals surface area contributed by atoms with E-state index in [2.05, 4.69) is 20.6 Å². The fourth-order valence-corrected chi connectivity index (χ4v) is 17.4. The number of amides is 2. The van der Waals surface area contributed by atoms with Crippen LogP contribution in [0.5, 0.6) is 0 Å². The molecule has 2 saturated heterocycles. The zero-order chi connectivity index (χ0) is 93.6. The molecule has 2 bridgehead atoms. The van der Waals surface area contributed by atoms with Gasteiger partial charge in [0.05, 0.1) is 160 Å². The summed E-state index contributed by atoms with van der Waals surface area (Å²) in [5.74, 6) is -8.28. The van der Waals surface area contributed by atoms with Crippen LogP contribution in [0.2, 0.25) is 0 Å². The van der Waals surface area contributed by atoms with Crippen molar-refractivity contribution in [3.8, 4) is 11.3 Å². The number of nitrogens with one attached hydrogen (secondary N) is 1. The Morgan fingerprint density at radius 3 is 2.05 bits per heavy atom. The third-order valence-electron chi connectivity index (χ3n) is 25.1. The number of aryl methyl sites for hydroxylation is 1. The van der Waals surface area contributed by atoms with Crippen LogP contribution in [0.3, 0.4) is 0 Å². The highest BCUT2D eigenvalue weighted by molar-refractivity contribution is 6.39. The molecule has 0 spiro atoms. The molecule has 1 aliphatic carbocycles. The Morgan fingerprint density at radius 2 is 1.37 bits per heavy atom. The van der Waals surface area contributed by atoms with Gasteiger partial charge in [-0.15, -0.1) is 5.10 Å². The van der Waals surface area contributed by atoms with E-state index >= 15 is 0 Å². The van der Waals surface area contributed by atoms with Crippen molar-refractivity contribution in [3.05, 3.63) is 131 Å². The molecular weight excluding hydrogens is 1690 g/mol. The molecule has 131 heavy (non-hydrogen) atoms. The van der Waals surface area contributed by atoms with Gasteiger partial charge < -0.3 is 103 Å². The van der Waals surface area contributed by atoms with E-state index < -0.39 is 77.8 Å². The van der Waals surface area contributed by atoms with E-state index in [1.807, 2.05) is 130 Å². The van der Waals surface area contributed by atoms with Crippen LogP contribution in [0.1, 0.15) is 162 Å². The number of esters is 1. The molecule has 33 heteroatoms. The average molecular weight is 1830 g/mol. The molecule has 6 aromatic rings. The monoisotopic (exact) mass is 1830 g/mol. The molecule has 0 unspecified atom stereocenters. The Labute approximate surface area is 769 Å². The topological polar surface area (TPSA) is 414 Å². The molecule has 722 valence electrons. The summed E-state index contributed by atoms with van der Waals surface area (Å²) in [4.78, 5) is 90.4. The third-order valence-corrected chi connectivity index (χ3v) is 25.1. The van der Waals surface area contributed by atoms with Crippen molar-refractivity contribution in [2.45, 2.75) is 225 Å². The smallest absolute Gasteiger partial charge is 0.329 e. The van der Waals surface area contributed by atoms with E-state index in [1.54, 1.807) is 45.7 Å². The number of fused-ring (bicyclic) bond motifs is 5. The average Bonchev–Trinajstić information content (AvgIpc) is 1.23. The van der Waals surface area contributed by atoms with E-state index in [-0.39, 0.29) is 85.9 Å². The highest BCUT2D eigenvalue weighted by Gasteiger charge is 2.53. The number of benzene rings is 3. The predicted molar refractivity (Wildman–Crippen MR) is 492 cm³/mol. The molecule has 0 radical (unpaired) electrons. The minimum atomic E-state index is -2.46. The van der Waals surface area contributed by atoms with Crippen molar-refractivity contribution in [1.82, 2.24) is 40.0 Å². The van der Waals surface area contributed by atoms with E-state index in [0.29, 0.717) is 199 Å². The maximum Gasteiger partial charge on any atom is 0.329 e. The number of carbonyl (C=O) groups excluding carboxylic acids is 6. The molecule has 3 fully saturated rings. The zero-order valence-electron chi connectivity index (χ0n) is 78.3. The number of nitrogens with zero attached hydrogens (tertiary/aromatic N) is 7. The molecule has 3 aromatic carbocycles. The van der Waals surface area contributed by atoms with Gasteiger partial charge in [-0.3, -0.25) is 28.7 Å². The fourth-order valence-electron chi connectivity index (χ4n) is 17.4. The van der Waals surface area contributed by atoms with Gasteiger partial charge in [0.1, 0.15) is 41.3 Å². The van der Waals surface area contributed by atoms with E-state index in [1.165, 1.54) is 12.0 Å². The first-order valence-corrected chi connectivity index (χ1v) is 46.7. The minimum Gasteiger partial charge on any atom is -0.460 e. The lowest BCUT2D eigenvalue weighted by Crippen LogP contribution is -2.61. The third kappa shape index (κ3) is 32.2. The van der Waals surface area contributed by atoms with Crippen molar-refractivity contribution in [3.63, 3.8) is 0 Å². The molecule has 10 rings (SSSR count). The number of aliphatic hydroxyl groups excluding tert-OH is 1. The number of allylic oxidation sites excluding steroid dienone is 6. The maximum absolute atomic E-state index is 14.8. The summed E-state index contributed by atoms with van der Waals surface area (Å²) in [6.45, 7) is 21.4. The number of hydrogen-bond donors (Lipinski definition) is 5. The van der Waals surface area contributed by atoms with Gasteiger partial charge in [0.15, 0.2) is 11.4 Å². The maximum atomic E-state index is 14.8. The number of ether oxygens (including phenoxy) is 14. The molecule has 3 aliphatic heterocycles. The summed E-state index contributed by atoms with van der Waals surface area (Å²) >= 11 is 0. The number of Topliss-reactive ketones (excluding diaryl/α,β-unsaturated/α-hetero) is 3. The highest BCUT2D eigenvalue weighted by atomic mass is 16.6. The molecule has 3 aromatic heterocycles. The van der Waals surface area contributed by atoms with Crippen LogP contribution in [-0.2, 0) is 121 Å². The molecule has 7 N–H and O–H groups in total. The van der Waals surface area contributed by atoms with Crippen LogP contribution in [-0.4, -0.2) is 275 Å². The van der Waals surface area contributed by atoms with Crippen LogP contribution in [0.25, 0.3) is 33.3 Å². The highest BCUT2D eigenvalue weighted by Crippen LogP contribution is 2.40. The second-order valence-corrected chi connectivity index (χ2v) is 35.1. The second-order valence-electron chi connectivity index (χ2n) is 35.1. The van der Waals surface area contributed by atoms with E-state index in [0.717, 1.165) is 76.7 Å². The van der Waals surface area contributed by atoms with Gasteiger partial charge in [0, 0.05) is 95.5 Å². The lowest BCUT2D eigenvalue weighted by molar-refractivity contribution is -0.265. The van der Waals surface area contributed by atoms with Crippen molar-refractivity contribution >= 4 is 68.8 Å². The van der Waals surface area contributed by atoms with Gasteiger partial charge in [0.2, 0.25) is 11.7 Å². The number of aliphatic hydroxyl groups is 2. The lowest BCUT2D eigenvalue weighted by Gasteiger charge is -2.42. The van der Waals surface area contributed by atoms with Gasteiger partial charge in [-0.25, -0.2) is 9.48 Å². The predicted octanol–water partition coefficient (Wildman–Crippen LogP) is 11.0. The number of aromatic nitrogens is 6. The number of methoxy groups -OCH3 is 3. The summed E-state index contributed by atoms with van der Waals surface area (Å²) in [6, 6.07) is 18.4. The fraction of sp³-hybridized carbons (Fsp3) is 0.633. The number of nitrogens with two attached hydrogens (primary N) is 2. The summed E-state index contributed by atoms with van der Waals surface area (Å²) in [7, 11) is 4.65. The first kappa shape index (κ1) is 104. The normalized spacial score (nSPS) is 26.1. The van der Waals surface area contributed by atoms with E-state index in [9.17, 15) is 39.0 Å². The van der Waals surface area contributed by atoms with Gasteiger partial charge in [-0.05, 0) is 168 Å². The number of rotatable bonds is 44. The number of carbonyl (C=O) groups is 6. The largest absolute Gasteiger partial charge is 0.460 e. The van der Waals surface area contributed by atoms with Crippen molar-refractivity contribution in [2.24, 2.45) is 35.5 Å². The quantitative estimate of drug-likeness (QED) is 0.00780. The first-order valence-electron chi connectivity index (χ1n) is 46.7. The summed E-state index contributed by atoms with van der Waals surface area (Å²) in [6.07, 6.45) is 16.4. The van der Waals surface area contributed by atoms with Crippen molar-refractivity contribution in [2.75, 3.05) is 152 Å². The molecule has 6 heterocycles. The van der Waals surface area contributed by atoms with Crippen LogP contribution in [0.15, 0.2) is 119 Å². The van der Waals surface area contributed by atoms with Crippen LogP contribution in [0, 0.1) is 35.5 Å². The number of cyclic esters (lactones) is 1. The van der Waals surface area contributed by atoms with Gasteiger partial charge in [-0.2, -0.15) is 10.1 Å². The standard InChI is InChI=1S/C98H142N10O23/c1-65-19-12-11-13-20-66(2)85(117-8)60-77-32-25-71(7)98(116,131-77)94(113)95(114)107-36-16-14-23-81(107)96(115)129-86(61-82(109)67(3)56-70(6)92(112)93(119-10)91(111)69(5)55-65)68(4)57-74-30-33-84(87(58-74)118-9)128-38-17-15-21-76-64-106(105-103-76)37-40-121-42-44-123-46-48-125-50-52-127-54-53-126-51-49-124-47-45-122-43-41-120-39-35-88(110)101-62-72-26-28-73(29-27-72)63-108-80-24-18-22-78(99)89(80)90(104-108)75-31-34-83-79(59-75)102-97(100)130-83/h11-13,18-20,22,24,26-29,31,34,56,59,64-65,67-69,71,74,77,81,84-87,92-93,112,116H,14-17,21,23,25,30,32-33,35-55,57-58,60-63,99H2,1-10H3,(H2,100,102)(H,101,110)/b13-11+,19-12+,66-20+,70-56+/t65-,67-,68-,69-,71-,74+,77+,81+,84-,85+,86+,87-,92-,93+,98-/m1/s1. The van der Waals surface area contributed by atoms with Crippen LogP contribution >= 0.6 is 0 Å². The Kier molecular flexibility index (Phi) is 43.3. The van der Waals surface area contributed by atoms with Crippen molar-refractivity contribution < 1.29 is 110 Å². The molecule has 4 aliphatic rings. The van der Waals surface area contributed by atoms with Crippen molar-refractivity contribution in [1.29, 1.82) is 0 Å². The number of oxazole rings is 1. The molecule has 33 nitrogen and oxygen atoms in total. The van der Waals surface area contributed by atoms with Gasteiger partial charge in [0.25, 0.3) is 17.7 Å². The molecule has 1 saturated carbocycles. The Hall–Kier alpha value is -8.88. The first-order chi connectivity index (χ1) is 63.3.